The van der Waals surface area contributed by atoms with Gasteiger partial charge in [0.15, 0.2) is 0 Å². The number of hydrogen-bond donors (Lipinski definition) is 2. The molecule has 2 aliphatic rings. The summed E-state index contributed by atoms with van der Waals surface area (Å²) in [5.74, 6) is 1.48. The molecule has 0 spiro atoms. The van der Waals surface area contributed by atoms with Gasteiger partial charge in [-0.25, -0.2) is 5.01 Å². The van der Waals surface area contributed by atoms with E-state index >= 15 is 0 Å². The molecule has 1 fully saturated rings. The standard InChI is InChI=1S/C12H16N4O.2ClH/c1-2-10(8-14-5-1)12-9-16(15-17-12)11-3-6-13-7-4-11;;/h3-4,6-7,9-10,14-15H,1-2,5,8H2;2*1H. The Labute approximate surface area is 125 Å². The first-order chi connectivity index (χ1) is 8.43. The van der Waals surface area contributed by atoms with Crippen molar-refractivity contribution in [2.45, 2.75) is 12.8 Å². The van der Waals surface area contributed by atoms with Crippen LogP contribution in [-0.2, 0) is 4.84 Å². The van der Waals surface area contributed by atoms with Gasteiger partial charge in [-0.1, -0.05) is 5.59 Å². The molecule has 0 aliphatic carbocycles. The summed E-state index contributed by atoms with van der Waals surface area (Å²) in [7, 11) is 0. The fourth-order valence-electron chi connectivity index (χ4n) is 2.20. The second kappa shape index (κ2) is 7.55. The Balaban J connectivity index is 0.000000902. The van der Waals surface area contributed by atoms with Gasteiger partial charge in [0.25, 0.3) is 0 Å². The Morgan fingerprint density at radius 1 is 1.26 bits per heavy atom. The lowest BCUT2D eigenvalue weighted by Gasteiger charge is -2.21. The van der Waals surface area contributed by atoms with E-state index in [1.807, 2.05) is 23.3 Å². The van der Waals surface area contributed by atoms with Gasteiger partial charge in [0.1, 0.15) is 5.76 Å². The van der Waals surface area contributed by atoms with Crippen LogP contribution in [0.1, 0.15) is 12.8 Å². The molecule has 3 rings (SSSR count). The molecular formula is C12H18Cl2N4O. The van der Waals surface area contributed by atoms with E-state index in [1.165, 1.54) is 12.8 Å². The molecule has 106 valence electrons. The van der Waals surface area contributed by atoms with Crippen LogP contribution in [-0.4, -0.2) is 18.1 Å². The number of hydrogen-bond acceptors (Lipinski definition) is 5. The highest BCUT2D eigenvalue weighted by atomic mass is 35.5. The summed E-state index contributed by atoms with van der Waals surface area (Å²) in [6.07, 6.45) is 7.95. The number of rotatable bonds is 2. The normalized spacial score (nSPS) is 21.8. The van der Waals surface area contributed by atoms with Crippen molar-refractivity contribution in [2.24, 2.45) is 5.92 Å². The molecule has 7 heteroatoms. The highest BCUT2D eigenvalue weighted by molar-refractivity contribution is 5.85. The summed E-state index contributed by atoms with van der Waals surface area (Å²) in [6, 6.07) is 3.88. The maximum Gasteiger partial charge on any atom is 0.148 e. The Morgan fingerprint density at radius 2 is 2.05 bits per heavy atom. The van der Waals surface area contributed by atoms with E-state index < -0.39 is 0 Å². The van der Waals surface area contributed by atoms with E-state index in [2.05, 4.69) is 15.9 Å². The van der Waals surface area contributed by atoms with Crippen LogP contribution >= 0.6 is 24.8 Å². The first kappa shape index (κ1) is 16.0. The summed E-state index contributed by atoms with van der Waals surface area (Å²) >= 11 is 0. The van der Waals surface area contributed by atoms with Crippen LogP contribution in [0.5, 0.6) is 0 Å². The molecule has 0 saturated carbocycles. The number of halogens is 2. The van der Waals surface area contributed by atoms with Crippen molar-refractivity contribution >= 4 is 30.5 Å². The Hall–Kier alpha value is -1.01. The predicted molar refractivity (Wildman–Crippen MR) is 79.1 cm³/mol. The van der Waals surface area contributed by atoms with E-state index in [4.69, 9.17) is 4.84 Å². The molecule has 5 nitrogen and oxygen atoms in total. The molecule has 0 aromatic carbocycles. The monoisotopic (exact) mass is 304 g/mol. The molecule has 1 unspecified atom stereocenters. The Kier molecular flexibility index (Phi) is 6.37. The maximum atomic E-state index is 5.54. The van der Waals surface area contributed by atoms with Gasteiger partial charge >= 0.3 is 0 Å². The minimum atomic E-state index is 0. The fourth-order valence-corrected chi connectivity index (χ4v) is 2.20. The molecular weight excluding hydrogens is 287 g/mol. The minimum Gasteiger partial charge on any atom is -0.391 e. The lowest BCUT2D eigenvalue weighted by Crippen LogP contribution is -2.31. The molecule has 1 saturated heterocycles. The van der Waals surface area contributed by atoms with Crippen molar-refractivity contribution in [3.05, 3.63) is 36.5 Å². The average molecular weight is 305 g/mol. The molecule has 0 radical (unpaired) electrons. The molecule has 0 amide bonds. The van der Waals surface area contributed by atoms with Crippen molar-refractivity contribution in [2.75, 3.05) is 18.1 Å². The van der Waals surface area contributed by atoms with E-state index in [9.17, 15) is 0 Å². The molecule has 1 aromatic rings. The van der Waals surface area contributed by atoms with Crippen LogP contribution in [0.2, 0.25) is 0 Å². The lowest BCUT2D eigenvalue weighted by atomic mass is 9.98. The van der Waals surface area contributed by atoms with E-state index in [-0.39, 0.29) is 24.8 Å². The zero-order chi connectivity index (χ0) is 11.5. The largest absolute Gasteiger partial charge is 0.391 e. The SMILES string of the molecule is C1=C(C2CCCNC2)ONN1c1ccncc1.Cl.Cl. The molecule has 1 aromatic heterocycles. The second-order valence-corrected chi connectivity index (χ2v) is 4.34. The molecule has 0 bridgehead atoms. The summed E-state index contributed by atoms with van der Waals surface area (Å²) in [6.45, 7) is 2.11. The number of hydrazine groups is 1. The van der Waals surface area contributed by atoms with Crippen LogP contribution in [0, 0.1) is 5.92 Å². The van der Waals surface area contributed by atoms with E-state index in [0.29, 0.717) is 5.92 Å². The molecule has 2 aliphatic heterocycles. The van der Waals surface area contributed by atoms with Gasteiger partial charge in [-0.05, 0) is 31.5 Å². The molecule has 19 heavy (non-hydrogen) atoms. The summed E-state index contributed by atoms with van der Waals surface area (Å²) in [4.78, 5) is 9.54. The Bertz CT molecular complexity index is 409. The van der Waals surface area contributed by atoms with Gasteiger partial charge in [0.05, 0.1) is 11.9 Å². The van der Waals surface area contributed by atoms with Gasteiger partial charge in [-0.3, -0.25) is 4.98 Å². The van der Waals surface area contributed by atoms with Crippen molar-refractivity contribution < 1.29 is 4.84 Å². The highest BCUT2D eigenvalue weighted by Crippen LogP contribution is 2.25. The first-order valence-corrected chi connectivity index (χ1v) is 5.98. The van der Waals surface area contributed by atoms with Crippen LogP contribution in [0.15, 0.2) is 36.5 Å². The van der Waals surface area contributed by atoms with Gasteiger partial charge in [-0.15, -0.1) is 24.8 Å². The highest BCUT2D eigenvalue weighted by Gasteiger charge is 2.24. The van der Waals surface area contributed by atoms with Crippen molar-refractivity contribution in [1.82, 2.24) is 15.9 Å². The third-order valence-corrected chi connectivity index (χ3v) is 3.16. The first-order valence-electron chi connectivity index (χ1n) is 5.98. The number of pyridine rings is 1. The zero-order valence-electron chi connectivity index (χ0n) is 10.4. The van der Waals surface area contributed by atoms with Crippen molar-refractivity contribution in [3.8, 4) is 0 Å². The number of nitrogens with one attached hydrogen (secondary N) is 2. The van der Waals surface area contributed by atoms with Gasteiger partial charge in [-0.2, -0.15) is 0 Å². The van der Waals surface area contributed by atoms with E-state index in [1.54, 1.807) is 12.4 Å². The lowest BCUT2D eigenvalue weighted by molar-refractivity contribution is 0.101. The topological polar surface area (TPSA) is 49.4 Å². The molecule has 1 atom stereocenters. The quantitative estimate of drug-likeness (QED) is 0.875. The Morgan fingerprint density at radius 3 is 2.74 bits per heavy atom. The number of piperidine rings is 1. The van der Waals surface area contributed by atoms with Crippen LogP contribution < -0.4 is 15.9 Å². The van der Waals surface area contributed by atoms with Crippen molar-refractivity contribution in [3.63, 3.8) is 0 Å². The summed E-state index contributed by atoms with van der Waals surface area (Å²) in [5.41, 5.74) is 3.93. The minimum absolute atomic E-state index is 0. The number of anilines is 1. The van der Waals surface area contributed by atoms with Gasteiger partial charge < -0.3 is 10.2 Å². The smallest absolute Gasteiger partial charge is 0.148 e. The van der Waals surface area contributed by atoms with Crippen LogP contribution in [0.25, 0.3) is 0 Å². The zero-order valence-corrected chi connectivity index (χ0v) is 12.0. The number of nitrogens with zero attached hydrogens (tertiary/aromatic N) is 2. The predicted octanol–water partition coefficient (Wildman–Crippen LogP) is 2.02. The molecule has 2 N–H and O–H groups in total. The average Bonchev–Trinajstić information content (AvgIpc) is 2.90. The van der Waals surface area contributed by atoms with Crippen molar-refractivity contribution in [1.29, 1.82) is 0 Å². The van der Waals surface area contributed by atoms with Crippen LogP contribution in [0.3, 0.4) is 0 Å². The second-order valence-electron chi connectivity index (χ2n) is 4.34. The van der Waals surface area contributed by atoms with Crippen LogP contribution in [0.4, 0.5) is 5.69 Å². The van der Waals surface area contributed by atoms with Gasteiger partial charge in [0, 0.05) is 24.9 Å². The third-order valence-electron chi connectivity index (χ3n) is 3.16. The fraction of sp³-hybridized carbons (Fsp3) is 0.417. The van der Waals surface area contributed by atoms with E-state index in [0.717, 1.165) is 24.5 Å². The summed E-state index contributed by atoms with van der Waals surface area (Å²) < 4.78 is 0. The summed E-state index contributed by atoms with van der Waals surface area (Å²) in [5, 5.41) is 5.27. The number of aromatic nitrogens is 1. The maximum absolute atomic E-state index is 5.54. The molecule has 3 heterocycles. The van der Waals surface area contributed by atoms with Gasteiger partial charge in [0.2, 0.25) is 0 Å². The third kappa shape index (κ3) is 3.73.